The summed E-state index contributed by atoms with van der Waals surface area (Å²) >= 11 is 0. The molecule has 4 nitrogen and oxygen atoms in total. The van der Waals surface area contributed by atoms with Gasteiger partial charge < -0.3 is 5.11 Å². The summed E-state index contributed by atoms with van der Waals surface area (Å²) in [5, 5.41) is 15.9. The monoisotopic (exact) mass is 234 g/mol. The Hall–Kier alpha value is -1.32. The van der Waals surface area contributed by atoms with E-state index in [1.54, 1.807) is 0 Å². The van der Waals surface area contributed by atoms with Gasteiger partial charge in [0, 0.05) is 11.3 Å². The first-order valence-electron chi connectivity index (χ1n) is 6.55. The van der Waals surface area contributed by atoms with Crippen LogP contribution in [-0.4, -0.2) is 21.3 Å². The number of carboxylic acid groups (broad SMARTS) is 1. The van der Waals surface area contributed by atoms with Crippen molar-refractivity contribution in [2.24, 2.45) is 11.8 Å². The Morgan fingerprint density at radius 3 is 2.65 bits per heavy atom. The van der Waals surface area contributed by atoms with Crippen LogP contribution in [0.4, 0.5) is 0 Å². The van der Waals surface area contributed by atoms with Crippen LogP contribution in [0.1, 0.15) is 53.8 Å². The van der Waals surface area contributed by atoms with Crippen LogP contribution in [0.3, 0.4) is 0 Å². The summed E-state index contributed by atoms with van der Waals surface area (Å²) in [6.45, 7) is 0. The van der Waals surface area contributed by atoms with E-state index in [1.165, 1.54) is 32.1 Å². The molecular formula is C13H18N2O2. The maximum Gasteiger partial charge on any atom is 0.356 e. The van der Waals surface area contributed by atoms with Crippen molar-refractivity contribution in [1.29, 1.82) is 0 Å². The SMILES string of the molecule is O=C(O)c1n[nH]c2c1CC(C1CCCCC1)C2. The Labute approximate surface area is 100 Å². The number of fused-ring (bicyclic) bond motifs is 1. The van der Waals surface area contributed by atoms with Crippen molar-refractivity contribution in [3.05, 3.63) is 17.0 Å². The predicted octanol–water partition coefficient (Wildman–Crippen LogP) is 2.40. The fourth-order valence-corrected chi connectivity index (χ4v) is 3.50. The standard InChI is InChI=1S/C13H18N2O2/c16-13(17)12-10-6-9(7-11(10)14-15-12)8-4-2-1-3-5-8/h8-9H,1-7H2,(H,14,15)(H,16,17). The molecule has 0 radical (unpaired) electrons. The van der Waals surface area contributed by atoms with Crippen LogP contribution in [0.15, 0.2) is 0 Å². The highest BCUT2D eigenvalue weighted by atomic mass is 16.4. The third-order valence-electron chi connectivity index (χ3n) is 4.40. The number of aromatic carboxylic acids is 1. The van der Waals surface area contributed by atoms with Crippen LogP contribution in [-0.2, 0) is 12.8 Å². The van der Waals surface area contributed by atoms with Gasteiger partial charge in [-0.2, -0.15) is 5.10 Å². The van der Waals surface area contributed by atoms with E-state index in [0.717, 1.165) is 30.0 Å². The van der Waals surface area contributed by atoms with E-state index in [0.29, 0.717) is 5.92 Å². The Morgan fingerprint density at radius 1 is 1.18 bits per heavy atom. The maximum atomic E-state index is 11.0. The Morgan fingerprint density at radius 2 is 1.94 bits per heavy atom. The molecule has 0 amide bonds. The number of aromatic amines is 1. The van der Waals surface area contributed by atoms with Gasteiger partial charge >= 0.3 is 5.97 Å². The van der Waals surface area contributed by atoms with E-state index in [1.807, 2.05) is 0 Å². The van der Waals surface area contributed by atoms with Crippen LogP contribution in [0.5, 0.6) is 0 Å². The molecule has 1 aromatic rings. The third kappa shape index (κ3) is 1.85. The molecule has 92 valence electrons. The average Bonchev–Trinajstić information content (AvgIpc) is 2.88. The quantitative estimate of drug-likeness (QED) is 0.825. The Kier molecular flexibility index (Phi) is 2.65. The summed E-state index contributed by atoms with van der Waals surface area (Å²) in [6, 6.07) is 0. The van der Waals surface area contributed by atoms with Crippen molar-refractivity contribution in [2.45, 2.75) is 44.9 Å². The number of carboxylic acids is 1. The minimum absolute atomic E-state index is 0.248. The highest BCUT2D eigenvalue weighted by Gasteiger charge is 2.34. The molecular weight excluding hydrogens is 216 g/mol. The molecule has 4 heteroatoms. The number of H-pyrrole nitrogens is 1. The number of rotatable bonds is 2. The van der Waals surface area contributed by atoms with Crippen LogP contribution >= 0.6 is 0 Å². The van der Waals surface area contributed by atoms with Crippen molar-refractivity contribution < 1.29 is 9.90 Å². The van der Waals surface area contributed by atoms with Crippen molar-refractivity contribution in [3.8, 4) is 0 Å². The second-order valence-corrected chi connectivity index (χ2v) is 5.40. The molecule has 2 N–H and O–H groups in total. The zero-order valence-electron chi connectivity index (χ0n) is 9.91. The van der Waals surface area contributed by atoms with Crippen LogP contribution in [0.25, 0.3) is 0 Å². The van der Waals surface area contributed by atoms with E-state index in [4.69, 9.17) is 5.11 Å². The van der Waals surface area contributed by atoms with Gasteiger partial charge in [0.2, 0.25) is 0 Å². The van der Waals surface area contributed by atoms with Gasteiger partial charge in [0.1, 0.15) is 0 Å². The summed E-state index contributed by atoms with van der Waals surface area (Å²) < 4.78 is 0. The molecule has 1 heterocycles. The predicted molar refractivity (Wildman–Crippen MR) is 63.0 cm³/mol. The molecule has 1 atom stereocenters. The topological polar surface area (TPSA) is 66.0 Å². The maximum absolute atomic E-state index is 11.0. The molecule has 1 aromatic heterocycles. The van der Waals surface area contributed by atoms with Crippen molar-refractivity contribution >= 4 is 5.97 Å². The molecule has 2 aliphatic carbocycles. The number of nitrogens with one attached hydrogen (secondary N) is 1. The van der Waals surface area contributed by atoms with Gasteiger partial charge in [-0.15, -0.1) is 0 Å². The lowest BCUT2D eigenvalue weighted by Gasteiger charge is -2.27. The van der Waals surface area contributed by atoms with Crippen molar-refractivity contribution in [1.82, 2.24) is 10.2 Å². The number of carbonyl (C=O) groups is 1. The van der Waals surface area contributed by atoms with Gasteiger partial charge in [0.05, 0.1) is 0 Å². The first-order valence-corrected chi connectivity index (χ1v) is 6.55. The van der Waals surface area contributed by atoms with Crippen LogP contribution < -0.4 is 0 Å². The molecule has 17 heavy (non-hydrogen) atoms. The van der Waals surface area contributed by atoms with E-state index in [2.05, 4.69) is 10.2 Å². The lowest BCUT2D eigenvalue weighted by molar-refractivity contribution is 0.0689. The van der Waals surface area contributed by atoms with Gasteiger partial charge in [0.25, 0.3) is 0 Å². The van der Waals surface area contributed by atoms with Gasteiger partial charge in [-0.3, -0.25) is 5.10 Å². The minimum Gasteiger partial charge on any atom is -0.476 e. The third-order valence-corrected chi connectivity index (χ3v) is 4.40. The molecule has 0 saturated heterocycles. The molecule has 3 rings (SSSR count). The number of hydrogen-bond donors (Lipinski definition) is 2. The Balaban J connectivity index is 1.76. The van der Waals surface area contributed by atoms with Gasteiger partial charge in [-0.25, -0.2) is 4.79 Å². The average molecular weight is 234 g/mol. The lowest BCUT2D eigenvalue weighted by Crippen LogP contribution is -2.19. The molecule has 0 bridgehead atoms. The van der Waals surface area contributed by atoms with Crippen molar-refractivity contribution in [2.75, 3.05) is 0 Å². The van der Waals surface area contributed by atoms with Gasteiger partial charge in [0.15, 0.2) is 5.69 Å². The summed E-state index contributed by atoms with van der Waals surface area (Å²) in [5.74, 6) is 0.552. The normalized spacial score (nSPS) is 24.8. The highest BCUT2D eigenvalue weighted by molar-refractivity contribution is 5.87. The smallest absolute Gasteiger partial charge is 0.356 e. The summed E-state index contributed by atoms with van der Waals surface area (Å²) in [4.78, 5) is 11.0. The van der Waals surface area contributed by atoms with Gasteiger partial charge in [-0.05, 0) is 24.7 Å². The summed E-state index contributed by atoms with van der Waals surface area (Å²) in [5.41, 5.74) is 2.28. The second-order valence-electron chi connectivity index (χ2n) is 5.40. The molecule has 0 spiro atoms. The molecule has 1 saturated carbocycles. The van der Waals surface area contributed by atoms with E-state index in [9.17, 15) is 4.79 Å². The fourth-order valence-electron chi connectivity index (χ4n) is 3.50. The van der Waals surface area contributed by atoms with Gasteiger partial charge in [-0.1, -0.05) is 32.1 Å². The zero-order chi connectivity index (χ0) is 11.8. The van der Waals surface area contributed by atoms with Crippen LogP contribution in [0, 0.1) is 11.8 Å². The first kappa shape index (κ1) is 10.8. The molecule has 1 unspecified atom stereocenters. The summed E-state index contributed by atoms with van der Waals surface area (Å²) in [6.07, 6.45) is 8.63. The first-order chi connectivity index (χ1) is 8.25. The second kappa shape index (κ2) is 4.17. The number of hydrogen-bond acceptors (Lipinski definition) is 2. The Bertz CT molecular complexity index is 433. The molecule has 0 aliphatic heterocycles. The van der Waals surface area contributed by atoms with E-state index >= 15 is 0 Å². The number of nitrogens with zero attached hydrogens (tertiary/aromatic N) is 1. The zero-order valence-corrected chi connectivity index (χ0v) is 9.91. The molecule has 1 fully saturated rings. The largest absolute Gasteiger partial charge is 0.476 e. The van der Waals surface area contributed by atoms with Crippen LogP contribution in [0.2, 0.25) is 0 Å². The minimum atomic E-state index is -0.896. The molecule has 2 aliphatic rings. The number of aromatic nitrogens is 2. The molecule has 0 aromatic carbocycles. The van der Waals surface area contributed by atoms with E-state index < -0.39 is 5.97 Å². The lowest BCUT2D eigenvalue weighted by atomic mass is 9.79. The fraction of sp³-hybridized carbons (Fsp3) is 0.692. The highest BCUT2D eigenvalue weighted by Crippen LogP contribution is 2.38. The summed E-state index contributed by atoms with van der Waals surface area (Å²) in [7, 11) is 0. The van der Waals surface area contributed by atoms with Crippen molar-refractivity contribution in [3.63, 3.8) is 0 Å². The van der Waals surface area contributed by atoms with E-state index in [-0.39, 0.29) is 5.69 Å².